The Balaban J connectivity index is 1.85. The van der Waals surface area contributed by atoms with Crippen LogP contribution in [-0.2, 0) is 0 Å². The lowest BCUT2D eigenvalue weighted by Crippen LogP contribution is -2.09. The molecule has 0 saturated heterocycles. The third-order valence-corrected chi connectivity index (χ3v) is 4.02. The fourth-order valence-electron chi connectivity index (χ4n) is 2.16. The maximum atomic E-state index is 13.1. The number of aromatic nitrogens is 2. The number of rotatable bonds is 2. The number of anilines is 1. The van der Waals surface area contributed by atoms with Gasteiger partial charge in [-0.25, -0.2) is 8.78 Å². The molecule has 0 aromatic carbocycles. The molecule has 0 aliphatic heterocycles. The third-order valence-electron chi connectivity index (χ3n) is 3.10. The molecule has 2 aromatic heterocycles. The molecule has 1 atom stereocenters. The zero-order chi connectivity index (χ0) is 12.8. The third kappa shape index (κ3) is 1.98. The first kappa shape index (κ1) is 11.6. The minimum absolute atomic E-state index is 0.108. The van der Waals surface area contributed by atoms with Crippen LogP contribution < -0.4 is 5.73 Å². The van der Waals surface area contributed by atoms with E-state index >= 15 is 0 Å². The predicted molar refractivity (Wildman–Crippen MR) is 63.6 cm³/mol. The van der Waals surface area contributed by atoms with E-state index in [4.69, 9.17) is 10.3 Å². The number of hydrogen-bond acceptors (Lipinski definition) is 5. The van der Waals surface area contributed by atoms with Crippen LogP contribution in [0.2, 0.25) is 0 Å². The van der Waals surface area contributed by atoms with Crippen LogP contribution in [0.5, 0.6) is 0 Å². The summed E-state index contributed by atoms with van der Waals surface area (Å²) in [6.45, 7) is 0. The quantitative estimate of drug-likeness (QED) is 0.910. The van der Waals surface area contributed by atoms with Gasteiger partial charge in [0.05, 0.1) is 5.69 Å². The largest absolute Gasteiger partial charge is 0.397 e. The number of nitrogens with zero attached hydrogens (tertiary/aromatic N) is 2. The number of nitrogens with two attached hydrogens (primary N) is 1. The van der Waals surface area contributed by atoms with Crippen LogP contribution in [0.25, 0.3) is 10.8 Å². The van der Waals surface area contributed by atoms with Gasteiger partial charge in [-0.3, -0.25) is 0 Å². The highest BCUT2D eigenvalue weighted by Gasteiger charge is 2.42. The smallest absolute Gasteiger partial charge is 0.270 e. The summed E-state index contributed by atoms with van der Waals surface area (Å²) in [6, 6.07) is 1.74. The Morgan fingerprint density at radius 1 is 1.50 bits per heavy atom. The molecule has 2 heterocycles. The Kier molecular flexibility index (Phi) is 2.58. The SMILES string of the molecule is Nc1ccsc1-c1nc(C2CCC(F)(F)C2)no1. The molecule has 2 N–H and O–H groups in total. The van der Waals surface area contributed by atoms with Gasteiger partial charge in [0.1, 0.15) is 4.88 Å². The molecular formula is C11H11F2N3OS. The molecular weight excluding hydrogens is 260 g/mol. The molecule has 0 radical (unpaired) electrons. The Morgan fingerprint density at radius 3 is 2.94 bits per heavy atom. The van der Waals surface area contributed by atoms with E-state index in [-0.39, 0.29) is 18.8 Å². The van der Waals surface area contributed by atoms with E-state index in [0.717, 1.165) is 0 Å². The summed E-state index contributed by atoms with van der Waals surface area (Å²) in [4.78, 5) is 4.87. The molecule has 18 heavy (non-hydrogen) atoms. The van der Waals surface area contributed by atoms with Gasteiger partial charge in [-0.2, -0.15) is 4.98 Å². The molecule has 3 rings (SSSR count). The summed E-state index contributed by atoms with van der Waals surface area (Å²) < 4.78 is 31.3. The van der Waals surface area contributed by atoms with Gasteiger partial charge in [-0.15, -0.1) is 11.3 Å². The molecule has 1 aliphatic rings. The molecule has 0 spiro atoms. The average Bonchev–Trinajstić information content (AvgIpc) is 2.97. The summed E-state index contributed by atoms with van der Waals surface area (Å²) in [5.41, 5.74) is 6.30. The van der Waals surface area contributed by atoms with E-state index < -0.39 is 5.92 Å². The Bertz CT molecular complexity index is 566. The normalized spacial score (nSPS) is 22.4. The molecule has 1 saturated carbocycles. The first-order valence-electron chi connectivity index (χ1n) is 5.60. The fourth-order valence-corrected chi connectivity index (χ4v) is 2.89. The number of alkyl halides is 2. The topological polar surface area (TPSA) is 64.9 Å². The van der Waals surface area contributed by atoms with Crippen molar-refractivity contribution in [3.8, 4) is 10.8 Å². The van der Waals surface area contributed by atoms with Crippen LogP contribution >= 0.6 is 11.3 Å². The second kappa shape index (κ2) is 4.01. The van der Waals surface area contributed by atoms with Gasteiger partial charge in [-0.05, 0) is 17.9 Å². The molecule has 96 valence electrons. The van der Waals surface area contributed by atoms with E-state index in [9.17, 15) is 8.78 Å². The average molecular weight is 271 g/mol. The molecule has 0 amide bonds. The summed E-state index contributed by atoms with van der Waals surface area (Å²) in [7, 11) is 0. The maximum Gasteiger partial charge on any atom is 0.270 e. The second-order valence-corrected chi connectivity index (χ2v) is 5.37. The van der Waals surface area contributed by atoms with Crippen LogP contribution in [0, 0.1) is 0 Å². The van der Waals surface area contributed by atoms with E-state index in [2.05, 4.69) is 10.1 Å². The van der Waals surface area contributed by atoms with Crippen molar-refractivity contribution in [1.29, 1.82) is 0 Å². The van der Waals surface area contributed by atoms with Crippen molar-refractivity contribution in [2.75, 3.05) is 5.73 Å². The van der Waals surface area contributed by atoms with Crippen molar-refractivity contribution in [3.63, 3.8) is 0 Å². The van der Waals surface area contributed by atoms with E-state index in [1.807, 2.05) is 5.38 Å². The molecule has 2 aromatic rings. The Labute approximate surface area is 106 Å². The molecule has 7 heteroatoms. The van der Waals surface area contributed by atoms with Crippen molar-refractivity contribution in [3.05, 3.63) is 17.3 Å². The molecule has 4 nitrogen and oxygen atoms in total. The number of thiophene rings is 1. The predicted octanol–water partition coefficient (Wildman–Crippen LogP) is 3.28. The number of halogens is 2. The van der Waals surface area contributed by atoms with Crippen LogP contribution in [0.4, 0.5) is 14.5 Å². The van der Waals surface area contributed by atoms with Crippen LogP contribution in [0.15, 0.2) is 16.0 Å². The highest BCUT2D eigenvalue weighted by Crippen LogP contribution is 2.43. The van der Waals surface area contributed by atoms with E-state index in [0.29, 0.717) is 28.7 Å². The van der Waals surface area contributed by atoms with Gasteiger partial charge >= 0.3 is 0 Å². The van der Waals surface area contributed by atoms with Gasteiger partial charge in [-0.1, -0.05) is 5.16 Å². The van der Waals surface area contributed by atoms with Crippen molar-refractivity contribution in [2.45, 2.75) is 31.1 Å². The van der Waals surface area contributed by atoms with E-state index in [1.54, 1.807) is 6.07 Å². The second-order valence-electron chi connectivity index (χ2n) is 4.46. The van der Waals surface area contributed by atoms with Crippen LogP contribution in [0.1, 0.15) is 31.0 Å². The summed E-state index contributed by atoms with van der Waals surface area (Å²) in [6.07, 6.45) is 0.0838. The lowest BCUT2D eigenvalue weighted by molar-refractivity contribution is 0.00750. The lowest BCUT2D eigenvalue weighted by Gasteiger charge is -2.06. The maximum absolute atomic E-state index is 13.1. The zero-order valence-corrected chi connectivity index (χ0v) is 10.2. The number of hydrogen-bond donors (Lipinski definition) is 1. The van der Waals surface area contributed by atoms with Crippen molar-refractivity contribution in [2.24, 2.45) is 0 Å². The first-order chi connectivity index (χ1) is 8.55. The summed E-state index contributed by atoms with van der Waals surface area (Å²) >= 11 is 1.39. The summed E-state index contributed by atoms with van der Waals surface area (Å²) in [5, 5.41) is 5.61. The minimum Gasteiger partial charge on any atom is -0.397 e. The summed E-state index contributed by atoms with van der Waals surface area (Å²) in [5.74, 6) is -2.26. The monoisotopic (exact) mass is 271 g/mol. The van der Waals surface area contributed by atoms with Gasteiger partial charge in [0.25, 0.3) is 5.89 Å². The van der Waals surface area contributed by atoms with Crippen LogP contribution in [0.3, 0.4) is 0 Å². The number of nitrogen functional groups attached to an aromatic ring is 1. The minimum atomic E-state index is -2.60. The lowest BCUT2D eigenvalue weighted by atomic mass is 10.1. The highest BCUT2D eigenvalue weighted by molar-refractivity contribution is 7.14. The van der Waals surface area contributed by atoms with Gasteiger partial charge in [0, 0.05) is 18.8 Å². The van der Waals surface area contributed by atoms with Gasteiger partial charge < -0.3 is 10.3 Å². The zero-order valence-electron chi connectivity index (χ0n) is 9.40. The Hall–Kier alpha value is -1.50. The van der Waals surface area contributed by atoms with Crippen LogP contribution in [-0.4, -0.2) is 16.1 Å². The molecule has 0 bridgehead atoms. The molecule has 1 fully saturated rings. The van der Waals surface area contributed by atoms with Crippen molar-refractivity contribution < 1.29 is 13.3 Å². The van der Waals surface area contributed by atoms with Gasteiger partial charge in [0.2, 0.25) is 5.92 Å². The fraction of sp³-hybridized carbons (Fsp3) is 0.455. The van der Waals surface area contributed by atoms with Gasteiger partial charge in [0.15, 0.2) is 5.82 Å². The Morgan fingerprint density at radius 2 is 2.33 bits per heavy atom. The first-order valence-corrected chi connectivity index (χ1v) is 6.48. The van der Waals surface area contributed by atoms with E-state index in [1.165, 1.54) is 11.3 Å². The van der Waals surface area contributed by atoms with Crippen molar-refractivity contribution >= 4 is 17.0 Å². The standard InChI is InChI=1S/C11H11F2N3OS/c12-11(13)3-1-6(5-11)9-15-10(17-16-9)8-7(14)2-4-18-8/h2,4,6H,1,3,5,14H2. The molecule has 1 aliphatic carbocycles. The molecule has 1 unspecified atom stereocenters. The highest BCUT2D eigenvalue weighted by atomic mass is 32.1. The van der Waals surface area contributed by atoms with Crippen molar-refractivity contribution in [1.82, 2.24) is 10.1 Å².